The van der Waals surface area contributed by atoms with Gasteiger partial charge in [0.25, 0.3) is 0 Å². The van der Waals surface area contributed by atoms with Crippen LogP contribution in [0.15, 0.2) is 30.3 Å². The van der Waals surface area contributed by atoms with Crippen LogP contribution in [0.1, 0.15) is 57.9 Å². The minimum atomic E-state index is -0.496. The van der Waals surface area contributed by atoms with Crippen molar-refractivity contribution in [1.82, 2.24) is 5.32 Å². The first kappa shape index (κ1) is 15.1. The Morgan fingerprint density at radius 2 is 1.86 bits per heavy atom. The van der Waals surface area contributed by atoms with Crippen molar-refractivity contribution in [3.63, 3.8) is 0 Å². The van der Waals surface area contributed by atoms with Gasteiger partial charge in [0.15, 0.2) is 11.5 Å². The monoisotopic (exact) mass is 299 g/mol. The van der Waals surface area contributed by atoms with Gasteiger partial charge in [-0.15, -0.1) is 0 Å². The molecule has 1 aromatic rings. The summed E-state index contributed by atoms with van der Waals surface area (Å²) in [6.45, 7) is 3.96. The third-order valence-electron chi connectivity index (χ3n) is 4.52. The van der Waals surface area contributed by atoms with Crippen LogP contribution >= 0.6 is 0 Å². The lowest BCUT2D eigenvalue weighted by Crippen LogP contribution is -2.46. The normalized spacial score (nSPS) is 23.1. The van der Waals surface area contributed by atoms with Gasteiger partial charge in [-0.2, -0.15) is 0 Å². The predicted octanol–water partition coefficient (Wildman–Crippen LogP) is 4.29. The van der Waals surface area contributed by atoms with Crippen molar-refractivity contribution >= 4 is 11.5 Å². The number of ether oxygens (including phenoxy) is 1. The second-order valence-corrected chi connectivity index (χ2v) is 6.88. The van der Waals surface area contributed by atoms with Gasteiger partial charge in [0.1, 0.15) is 5.75 Å². The van der Waals surface area contributed by atoms with Gasteiger partial charge in [0, 0.05) is 17.6 Å². The van der Waals surface area contributed by atoms with E-state index in [0.717, 1.165) is 29.9 Å². The Morgan fingerprint density at radius 3 is 2.59 bits per heavy atom. The zero-order valence-electron chi connectivity index (χ0n) is 13.5. The van der Waals surface area contributed by atoms with E-state index in [-0.39, 0.29) is 11.7 Å². The molecular weight excluding hydrogens is 274 g/mol. The van der Waals surface area contributed by atoms with Crippen LogP contribution in [0, 0.1) is 5.92 Å². The van der Waals surface area contributed by atoms with Crippen LogP contribution < -0.4 is 10.1 Å². The molecule has 0 unspecified atom stereocenters. The summed E-state index contributed by atoms with van der Waals surface area (Å²) in [6, 6.07) is 7.91. The fraction of sp³-hybridized carbons (Fsp3) is 0.526. The minimum absolute atomic E-state index is 0.190. The zero-order chi connectivity index (χ0) is 15.6. The molecule has 0 bridgehead atoms. The Hall–Kier alpha value is -1.77. The zero-order valence-corrected chi connectivity index (χ0v) is 13.5. The summed E-state index contributed by atoms with van der Waals surface area (Å²) in [6.07, 6.45) is 8.76. The number of benzene rings is 1. The van der Waals surface area contributed by atoms with Crippen LogP contribution in [0.25, 0.3) is 5.70 Å². The summed E-state index contributed by atoms with van der Waals surface area (Å²) in [5, 5.41) is 3.35. The third kappa shape index (κ3) is 3.34. The maximum Gasteiger partial charge on any atom is 0.175 e. The molecule has 2 aliphatic rings. The van der Waals surface area contributed by atoms with Gasteiger partial charge in [-0.25, -0.2) is 0 Å². The first-order chi connectivity index (χ1) is 10.6. The van der Waals surface area contributed by atoms with Gasteiger partial charge in [0.2, 0.25) is 0 Å². The molecule has 0 amide bonds. The maximum absolute atomic E-state index is 12.7. The maximum atomic E-state index is 12.7. The molecule has 0 atom stereocenters. The van der Waals surface area contributed by atoms with Crippen molar-refractivity contribution in [2.75, 3.05) is 0 Å². The molecule has 3 rings (SSSR count). The molecule has 3 heteroatoms. The molecule has 1 aromatic carbocycles. The van der Waals surface area contributed by atoms with Crippen LogP contribution in [0.2, 0.25) is 0 Å². The number of nitrogens with one attached hydrogen (secondary N) is 1. The summed E-state index contributed by atoms with van der Waals surface area (Å²) in [4.78, 5) is 12.7. The van der Waals surface area contributed by atoms with Crippen LogP contribution in [0.4, 0.5) is 0 Å². The average molecular weight is 299 g/mol. The first-order valence-electron chi connectivity index (χ1n) is 8.37. The molecule has 0 spiro atoms. The van der Waals surface area contributed by atoms with Crippen LogP contribution in [0.3, 0.4) is 0 Å². The molecule has 1 heterocycles. The molecule has 118 valence electrons. The largest absolute Gasteiger partial charge is 0.468 e. The van der Waals surface area contributed by atoms with Gasteiger partial charge < -0.3 is 10.1 Å². The fourth-order valence-electron chi connectivity index (χ4n) is 3.41. The standard InChI is InChI=1S/C19H25NO2/c1-19(2)20-16(15-11-7-8-12-18(15)22-19)13-17(21)14-9-5-3-4-6-10-14/h7-8,11-14,20H,3-6,9-10H2,1-2H3/b16-13-. The Bertz CT molecular complexity index is 581. The third-order valence-corrected chi connectivity index (χ3v) is 4.52. The van der Waals surface area contributed by atoms with Crippen LogP contribution in [-0.4, -0.2) is 11.5 Å². The average Bonchev–Trinajstić information content (AvgIpc) is 2.75. The van der Waals surface area contributed by atoms with Crippen molar-refractivity contribution in [1.29, 1.82) is 0 Å². The van der Waals surface area contributed by atoms with Crippen molar-refractivity contribution in [3.8, 4) is 5.75 Å². The van der Waals surface area contributed by atoms with Crippen molar-refractivity contribution in [2.24, 2.45) is 5.92 Å². The number of ketones is 1. The van der Waals surface area contributed by atoms with E-state index < -0.39 is 5.72 Å². The Balaban J connectivity index is 1.87. The van der Waals surface area contributed by atoms with E-state index in [0.29, 0.717) is 0 Å². The highest BCUT2D eigenvalue weighted by molar-refractivity contribution is 5.98. The molecule has 1 aliphatic heterocycles. The number of fused-ring (bicyclic) bond motifs is 1. The number of para-hydroxylation sites is 1. The molecule has 0 aromatic heterocycles. The van der Waals surface area contributed by atoms with E-state index in [2.05, 4.69) is 5.32 Å². The van der Waals surface area contributed by atoms with Crippen LogP contribution in [0.5, 0.6) is 5.75 Å². The van der Waals surface area contributed by atoms with E-state index >= 15 is 0 Å². The molecule has 0 radical (unpaired) electrons. The van der Waals surface area contributed by atoms with Crippen molar-refractivity contribution in [3.05, 3.63) is 35.9 Å². The number of rotatable bonds is 2. The lowest BCUT2D eigenvalue weighted by Gasteiger charge is -2.36. The fourth-order valence-corrected chi connectivity index (χ4v) is 3.41. The van der Waals surface area contributed by atoms with Gasteiger partial charge in [-0.05, 0) is 38.8 Å². The molecule has 22 heavy (non-hydrogen) atoms. The molecule has 0 saturated heterocycles. The molecule has 1 aliphatic carbocycles. The summed E-state index contributed by atoms with van der Waals surface area (Å²) in [5.74, 6) is 1.29. The predicted molar refractivity (Wildman–Crippen MR) is 88.5 cm³/mol. The topological polar surface area (TPSA) is 38.3 Å². The van der Waals surface area contributed by atoms with Gasteiger partial charge in [0.05, 0.1) is 5.70 Å². The number of carbonyl (C=O) groups excluding carboxylic acids is 1. The van der Waals surface area contributed by atoms with E-state index in [1.165, 1.54) is 25.7 Å². The quantitative estimate of drug-likeness (QED) is 0.654. The van der Waals surface area contributed by atoms with Gasteiger partial charge >= 0.3 is 0 Å². The van der Waals surface area contributed by atoms with Gasteiger partial charge in [-0.3, -0.25) is 4.79 Å². The molecule has 3 nitrogen and oxygen atoms in total. The summed E-state index contributed by atoms with van der Waals surface area (Å²) in [5.41, 5.74) is 1.37. The van der Waals surface area contributed by atoms with Crippen molar-refractivity contribution in [2.45, 2.75) is 58.1 Å². The second-order valence-electron chi connectivity index (χ2n) is 6.88. The molecule has 1 fully saturated rings. The smallest absolute Gasteiger partial charge is 0.175 e. The highest BCUT2D eigenvalue weighted by Crippen LogP contribution is 2.34. The van der Waals surface area contributed by atoms with Crippen LogP contribution in [-0.2, 0) is 4.79 Å². The summed E-state index contributed by atoms with van der Waals surface area (Å²) >= 11 is 0. The first-order valence-corrected chi connectivity index (χ1v) is 8.37. The van der Waals surface area contributed by atoms with E-state index in [9.17, 15) is 4.79 Å². The summed E-state index contributed by atoms with van der Waals surface area (Å²) in [7, 11) is 0. The van der Waals surface area contributed by atoms with E-state index in [1.807, 2.05) is 38.1 Å². The van der Waals surface area contributed by atoms with E-state index in [4.69, 9.17) is 4.74 Å². The SMILES string of the molecule is CC1(C)N/C(=C\C(=O)C2CCCCCC2)c2ccccc2O1. The Morgan fingerprint density at radius 1 is 1.18 bits per heavy atom. The summed E-state index contributed by atoms with van der Waals surface area (Å²) < 4.78 is 5.93. The number of carbonyl (C=O) groups is 1. The molecule has 1 saturated carbocycles. The lowest BCUT2D eigenvalue weighted by atomic mass is 9.93. The Kier molecular flexibility index (Phi) is 4.23. The number of hydrogen-bond acceptors (Lipinski definition) is 3. The van der Waals surface area contributed by atoms with Gasteiger partial charge in [-0.1, -0.05) is 37.8 Å². The lowest BCUT2D eigenvalue weighted by molar-refractivity contribution is -0.118. The Labute approximate surface area is 132 Å². The number of allylic oxidation sites excluding steroid dienone is 1. The highest BCUT2D eigenvalue weighted by atomic mass is 16.5. The highest BCUT2D eigenvalue weighted by Gasteiger charge is 2.29. The van der Waals surface area contributed by atoms with Crippen molar-refractivity contribution < 1.29 is 9.53 Å². The molecule has 1 N–H and O–H groups in total. The van der Waals surface area contributed by atoms with E-state index in [1.54, 1.807) is 6.08 Å². The second kappa shape index (κ2) is 6.15. The minimum Gasteiger partial charge on any atom is -0.468 e. The molecular formula is C19H25NO2. The number of hydrogen-bond donors (Lipinski definition) is 1.